The third-order valence-electron chi connectivity index (χ3n) is 6.36. The summed E-state index contributed by atoms with van der Waals surface area (Å²) < 4.78 is 21.6. The molecule has 0 aromatic heterocycles. The standard InChI is InChI=1S/C35H59N5O11/c1-32(2,3)48-28(44)20-39(21-29(45)49-33(4,5)6)26(42)18-37(15-13-16-38-17-14-36-25(38)24-41)19-27(43)40(22-30(46)50-34(7,8)9)23-31(47)51-35(10,11)12/h24H,13-23H2,1-12H3. The number of carbonyl (C=O) groups is 7. The van der Waals surface area contributed by atoms with Crippen molar-refractivity contribution in [2.45, 2.75) is 112 Å². The van der Waals surface area contributed by atoms with Gasteiger partial charge < -0.3 is 33.6 Å². The number of hydrogen-bond acceptors (Lipinski definition) is 14. The predicted molar refractivity (Wildman–Crippen MR) is 188 cm³/mol. The van der Waals surface area contributed by atoms with Gasteiger partial charge >= 0.3 is 23.9 Å². The third-order valence-corrected chi connectivity index (χ3v) is 6.36. The number of carbonyl (C=O) groups excluding carboxylic acids is 7. The molecule has 290 valence electrons. The van der Waals surface area contributed by atoms with Crippen LogP contribution in [-0.4, -0.2) is 155 Å². The number of aldehydes is 1. The molecule has 0 radical (unpaired) electrons. The molecule has 0 N–H and O–H groups in total. The summed E-state index contributed by atoms with van der Waals surface area (Å²) in [7, 11) is 0. The summed E-state index contributed by atoms with van der Waals surface area (Å²) in [4.78, 5) is 99.7. The quantitative estimate of drug-likeness (QED) is 0.120. The zero-order valence-electron chi connectivity index (χ0n) is 32.6. The van der Waals surface area contributed by atoms with E-state index >= 15 is 0 Å². The van der Waals surface area contributed by atoms with Crippen LogP contribution < -0.4 is 0 Å². The van der Waals surface area contributed by atoms with Gasteiger partial charge in [-0.1, -0.05) is 0 Å². The van der Waals surface area contributed by atoms with Gasteiger partial charge in [0.05, 0.1) is 19.6 Å². The molecular weight excluding hydrogens is 666 g/mol. The number of hydrogen-bond donors (Lipinski definition) is 0. The highest BCUT2D eigenvalue weighted by molar-refractivity contribution is 6.27. The summed E-state index contributed by atoms with van der Waals surface area (Å²) in [5.41, 5.74) is -3.44. The Morgan fingerprint density at radius 3 is 1.24 bits per heavy atom. The van der Waals surface area contributed by atoms with Gasteiger partial charge in [-0.25, -0.2) is 0 Å². The Labute approximate surface area is 302 Å². The van der Waals surface area contributed by atoms with Crippen LogP contribution >= 0.6 is 0 Å². The van der Waals surface area contributed by atoms with Gasteiger partial charge in [-0.3, -0.25) is 43.5 Å². The van der Waals surface area contributed by atoms with Gasteiger partial charge in [0.25, 0.3) is 0 Å². The molecule has 0 aliphatic carbocycles. The second-order valence-electron chi connectivity index (χ2n) is 16.3. The Balaban J connectivity index is 3.37. The molecule has 0 bridgehead atoms. The molecular formula is C35H59N5O11. The van der Waals surface area contributed by atoms with Crippen molar-refractivity contribution in [3.8, 4) is 0 Å². The third kappa shape index (κ3) is 20.4. The van der Waals surface area contributed by atoms with E-state index in [-0.39, 0.29) is 6.54 Å². The van der Waals surface area contributed by atoms with Crippen LogP contribution in [0.5, 0.6) is 0 Å². The molecule has 1 rings (SSSR count). The maximum atomic E-state index is 13.8. The number of esters is 4. The van der Waals surface area contributed by atoms with Gasteiger partial charge in [0.2, 0.25) is 11.8 Å². The molecule has 16 heteroatoms. The molecule has 0 saturated carbocycles. The average molecular weight is 726 g/mol. The van der Waals surface area contributed by atoms with Crippen molar-refractivity contribution in [1.29, 1.82) is 0 Å². The monoisotopic (exact) mass is 725 g/mol. The molecule has 16 nitrogen and oxygen atoms in total. The van der Waals surface area contributed by atoms with Gasteiger partial charge in [-0.05, 0) is 89.5 Å². The Morgan fingerprint density at radius 1 is 0.608 bits per heavy atom. The van der Waals surface area contributed by atoms with Crippen molar-refractivity contribution < 1.29 is 52.5 Å². The van der Waals surface area contributed by atoms with E-state index in [1.807, 2.05) is 0 Å². The van der Waals surface area contributed by atoms with Crippen LogP contribution in [0.2, 0.25) is 0 Å². The molecule has 0 atom stereocenters. The van der Waals surface area contributed by atoms with Gasteiger partial charge in [0.15, 0.2) is 12.1 Å². The fourth-order valence-corrected chi connectivity index (χ4v) is 4.70. The van der Waals surface area contributed by atoms with Gasteiger partial charge in [0.1, 0.15) is 48.6 Å². The van der Waals surface area contributed by atoms with Crippen molar-refractivity contribution in [3.05, 3.63) is 0 Å². The largest absolute Gasteiger partial charge is 0.459 e. The van der Waals surface area contributed by atoms with E-state index in [9.17, 15) is 33.6 Å². The Bertz CT molecular complexity index is 1150. The number of amides is 2. The fraction of sp³-hybridized carbons (Fsp3) is 0.771. The Hall–Kier alpha value is -4.08. The van der Waals surface area contributed by atoms with E-state index in [0.717, 1.165) is 9.80 Å². The summed E-state index contributed by atoms with van der Waals surface area (Å²) >= 11 is 0. The van der Waals surface area contributed by atoms with E-state index in [2.05, 4.69) is 4.99 Å². The smallest absolute Gasteiger partial charge is 0.326 e. The predicted octanol–water partition coefficient (Wildman–Crippen LogP) is 1.62. The second-order valence-corrected chi connectivity index (χ2v) is 16.3. The molecule has 1 aliphatic heterocycles. The first-order valence-corrected chi connectivity index (χ1v) is 17.1. The Morgan fingerprint density at radius 2 is 0.941 bits per heavy atom. The average Bonchev–Trinajstić information content (AvgIpc) is 3.35. The summed E-state index contributed by atoms with van der Waals surface area (Å²) in [6.07, 6.45) is 1.04. The van der Waals surface area contributed by atoms with Crippen LogP contribution in [-0.2, 0) is 52.5 Å². The molecule has 0 fully saturated rings. The minimum absolute atomic E-state index is 0.138. The summed E-state index contributed by atoms with van der Waals surface area (Å²) in [6, 6.07) is 0. The van der Waals surface area contributed by atoms with Gasteiger partial charge in [-0.15, -0.1) is 0 Å². The van der Waals surface area contributed by atoms with Crippen molar-refractivity contribution in [3.63, 3.8) is 0 Å². The minimum Gasteiger partial charge on any atom is -0.459 e. The molecule has 51 heavy (non-hydrogen) atoms. The zero-order valence-corrected chi connectivity index (χ0v) is 32.6. The normalized spacial score (nSPS) is 13.7. The number of amidine groups is 1. The van der Waals surface area contributed by atoms with Gasteiger partial charge in [0, 0.05) is 19.6 Å². The highest BCUT2D eigenvalue weighted by Gasteiger charge is 2.31. The number of rotatable bonds is 17. The second kappa shape index (κ2) is 19.0. The maximum absolute atomic E-state index is 13.8. The fourth-order valence-electron chi connectivity index (χ4n) is 4.70. The maximum Gasteiger partial charge on any atom is 0.326 e. The first-order chi connectivity index (χ1) is 23.2. The van der Waals surface area contributed by atoms with Crippen LogP contribution in [0.25, 0.3) is 0 Å². The molecule has 1 heterocycles. The van der Waals surface area contributed by atoms with E-state index in [1.54, 1.807) is 88.0 Å². The lowest BCUT2D eigenvalue weighted by molar-refractivity contribution is -0.164. The number of aliphatic imine (C=N–C) groups is 1. The van der Waals surface area contributed by atoms with E-state index < -0.39 is 97.4 Å². The lowest BCUT2D eigenvalue weighted by Crippen LogP contribution is -2.51. The molecule has 1 aliphatic rings. The van der Waals surface area contributed by atoms with E-state index in [0.29, 0.717) is 38.2 Å². The van der Waals surface area contributed by atoms with Crippen molar-refractivity contribution in [2.75, 3.05) is 65.4 Å². The minimum atomic E-state index is -0.860. The molecule has 0 aromatic carbocycles. The highest BCUT2D eigenvalue weighted by atomic mass is 16.6. The highest BCUT2D eigenvalue weighted by Crippen LogP contribution is 2.13. The molecule has 0 spiro atoms. The molecule has 2 amide bonds. The molecule has 0 unspecified atom stereocenters. The van der Waals surface area contributed by atoms with Crippen molar-refractivity contribution in [2.24, 2.45) is 4.99 Å². The number of ether oxygens (including phenoxy) is 4. The summed E-state index contributed by atoms with van der Waals surface area (Å²) in [5.74, 6) is -4.07. The van der Waals surface area contributed by atoms with Crippen molar-refractivity contribution >= 4 is 47.8 Å². The van der Waals surface area contributed by atoms with Crippen LogP contribution in [0.1, 0.15) is 89.5 Å². The summed E-state index contributed by atoms with van der Waals surface area (Å²) in [6.45, 7) is 18.4. The topological polar surface area (TPSA) is 182 Å². The first-order valence-electron chi connectivity index (χ1n) is 17.1. The van der Waals surface area contributed by atoms with E-state index in [4.69, 9.17) is 18.9 Å². The zero-order chi connectivity index (χ0) is 39.4. The van der Waals surface area contributed by atoms with Crippen LogP contribution in [0, 0.1) is 0 Å². The first kappa shape index (κ1) is 44.9. The van der Waals surface area contributed by atoms with Crippen LogP contribution in [0.4, 0.5) is 0 Å². The summed E-state index contributed by atoms with van der Waals surface area (Å²) in [5, 5.41) is 0. The number of nitrogens with zero attached hydrogens (tertiary/aromatic N) is 5. The molecule has 0 saturated heterocycles. The lowest BCUT2D eigenvalue weighted by atomic mass is 10.2. The Kier molecular flexibility index (Phi) is 16.7. The van der Waals surface area contributed by atoms with Crippen molar-refractivity contribution in [1.82, 2.24) is 19.6 Å². The van der Waals surface area contributed by atoms with Gasteiger partial charge in [-0.2, -0.15) is 0 Å². The van der Waals surface area contributed by atoms with Crippen LogP contribution in [0.3, 0.4) is 0 Å². The van der Waals surface area contributed by atoms with E-state index in [1.165, 1.54) is 4.90 Å². The SMILES string of the molecule is CC(C)(C)OC(=O)CN(CC(=O)OC(C)(C)C)C(=O)CN(CCCN1CCN=C1C=O)CC(=O)N(CC(=O)OC(C)(C)C)CC(=O)OC(C)(C)C. The lowest BCUT2D eigenvalue weighted by Gasteiger charge is -2.31. The molecule has 0 aromatic rings. The van der Waals surface area contributed by atoms with Crippen LogP contribution in [0.15, 0.2) is 4.99 Å².